The first-order valence-corrected chi connectivity index (χ1v) is 11.6. The van der Waals surface area contributed by atoms with E-state index in [1.807, 2.05) is 11.5 Å². The molecule has 1 saturated heterocycles. The van der Waals surface area contributed by atoms with E-state index < -0.39 is 9.84 Å². The molecule has 2 unspecified atom stereocenters. The van der Waals surface area contributed by atoms with Crippen LogP contribution in [0.15, 0.2) is 42.1 Å². The van der Waals surface area contributed by atoms with Gasteiger partial charge < -0.3 is 4.57 Å². The smallest absolute Gasteiger partial charge is 0.192 e. The summed E-state index contributed by atoms with van der Waals surface area (Å²) < 4.78 is 25.5. The third-order valence-electron chi connectivity index (χ3n) is 4.43. The van der Waals surface area contributed by atoms with Crippen molar-refractivity contribution in [1.29, 1.82) is 0 Å². The van der Waals surface area contributed by atoms with Gasteiger partial charge in [-0.3, -0.25) is 4.79 Å². The highest BCUT2D eigenvalue weighted by Crippen LogP contribution is 2.32. The molecule has 0 N–H and O–H groups in total. The number of aromatic nitrogens is 3. The predicted octanol–water partition coefficient (Wildman–Crippen LogP) is 3.38. The van der Waals surface area contributed by atoms with E-state index in [1.165, 1.54) is 11.8 Å². The van der Waals surface area contributed by atoms with Crippen LogP contribution in [0.2, 0.25) is 5.02 Å². The number of rotatable bonds is 7. The molecular weight excluding hydrogens is 406 g/mol. The minimum absolute atomic E-state index is 0.0326. The maximum Gasteiger partial charge on any atom is 0.192 e. The molecule has 2 aromatic rings. The van der Waals surface area contributed by atoms with E-state index in [2.05, 4.69) is 16.8 Å². The summed E-state index contributed by atoms with van der Waals surface area (Å²) in [4.78, 5) is 12.7. The van der Waals surface area contributed by atoms with Crippen molar-refractivity contribution in [3.05, 3.63) is 53.3 Å². The quantitative estimate of drug-likeness (QED) is 0.384. The number of nitrogens with zero attached hydrogens (tertiary/aromatic N) is 3. The molecular formula is C18H20ClN3O3S2. The molecule has 0 spiro atoms. The van der Waals surface area contributed by atoms with Gasteiger partial charge in [-0.15, -0.1) is 16.8 Å². The summed E-state index contributed by atoms with van der Waals surface area (Å²) in [7, 11) is -3.02. The Bertz CT molecular complexity index is 955. The van der Waals surface area contributed by atoms with Crippen molar-refractivity contribution in [2.75, 3.05) is 11.5 Å². The van der Waals surface area contributed by atoms with E-state index >= 15 is 0 Å². The molecule has 1 aromatic heterocycles. The Morgan fingerprint density at radius 2 is 2.11 bits per heavy atom. The summed E-state index contributed by atoms with van der Waals surface area (Å²) in [6.07, 6.45) is 2.26. The van der Waals surface area contributed by atoms with E-state index in [0.717, 1.165) is 0 Å². The van der Waals surface area contributed by atoms with Crippen LogP contribution in [0.5, 0.6) is 0 Å². The normalized spacial score (nSPS) is 19.7. The largest absolute Gasteiger partial charge is 0.302 e. The number of sulfone groups is 1. The zero-order chi connectivity index (χ0) is 19.6. The molecule has 0 radical (unpaired) electrons. The summed E-state index contributed by atoms with van der Waals surface area (Å²) in [6, 6.07) is 6.77. The van der Waals surface area contributed by atoms with Crippen molar-refractivity contribution in [3.8, 4) is 0 Å². The molecule has 0 aliphatic carbocycles. The van der Waals surface area contributed by atoms with Gasteiger partial charge in [0, 0.05) is 23.0 Å². The van der Waals surface area contributed by atoms with E-state index in [4.69, 9.17) is 11.6 Å². The minimum atomic E-state index is -3.02. The molecule has 9 heteroatoms. The highest BCUT2D eigenvalue weighted by molar-refractivity contribution is 8.00. The Balaban J connectivity index is 1.81. The summed E-state index contributed by atoms with van der Waals surface area (Å²) >= 11 is 7.18. The lowest BCUT2D eigenvalue weighted by Gasteiger charge is -2.13. The molecule has 1 fully saturated rings. The van der Waals surface area contributed by atoms with Crippen molar-refractivity contribution in [2.24, 2.45) is 0 Å². The zero-order valence-electron chi connectivity index (χ0n) is 14.8. The van der Waals surface area contributed by atoms with Gasteiger partial charge in [0.2, 0.25) is 0 Å². The number of benzene rings is 1. The fraction of sp³-hybridized carbons (Fsp3) is 0.389. The van der Waals surface area contributed by atoms with Crippen LogP contribution >= 0.6 is 23.4 Å². The average molecular weight is 426 g/mol. The van der Waals surface area contributed by atoms with Crippen LogP contribution in [0.4, 0.5) is 0 Å². The van der Waals surface area contributed by atoms with Crippen molar-refractivity contribution in [1.82, 2.24) is 14.8 Å². The van der Waals surface area contributed by atoms with Crippen LogP contribution in [0.1, 0.15) is 35.4 Å². The number of allylic oxidation sites excluding steroid dienone is 1. The van der Waals surface area contributed by atoms with Crippen LogP contribution < -0.4 is 0 Å². The number of Topliss-reactive ketones (excluding diaryl/α,β-unsaturated/α-hetero) is 1. The molecule has 0 saturated carbocycles. The van der Waals surface area contributed by atoms with Crippen LogP contribution in [0.3, 0.4) is 0 Å². The first-order valence-electron chi connectivity index (χ1n) is 8.51. The second-order valence-electron chi connectivity index (χ2n) is 6.47. The maximum atomic E-state index is 12.7. The molecule has 3 rings (SSSR count). The molecule has 2 atom stereocenters. The van der Waals surface area contributed by atoms with E-state index in [-0.39, 0.29) is 28.5 Å². The lowest BCUT2D eigenvalue weighted by molar-refractivity contribution is 0.0994. The molecule has 0 bridgehead atoms. The van der Waals surface area contributed by atoms with E-state index in [1.54, 1.807) is 30.3 Å². The standard InChI is InChI=1S/C18H20ClN3O3S2/c1-3-9-22-17(14-8-10-27(24,25)11-14)20-21-18(22)26-12(2)16(23)13-4-6-15(19)7-5-13/h3-7,12,14H,1,8-11H2,2H3. The molecule has 2 heterocycles. The fourth-order valence-corrected chi connectivity index (χ4v) is 5.86. The van der Waals surface area contributed by atoms with Gasteiger partial charge in [0.05, 0.1) is 16.8 Å². The van der Waals surface area contributed by atoms with Crippen molar-refractivity contribution in [3.63, 3.8) is 0 Å². The average Bonchev–Trinajstić information content (AvgIpc) is 3.18. The second-order valence-corrected chi connectivity index (χ2v) is 10.4. The fourth-order valence-electron chi connectivity index (χ4n) is 3.05. The maximum absolute atomic E-state index is 12.7. The Morgan fingerprint density at radius 3 is 2.70 bits per heavy atom. The summed E-state index contributed by atoms with van der Waals surface area (Å²) in [5, 5.41) is 9.24. The summed E-state index contributed by atoms with van der Waals surface area (Å²) in [5.74, 6) is 0.706. The third kappa shape index (κ3) is 4.62. The summed E-state index contributed by atoms with van der Waals surface area (Å²) in [5.41, 5.74) is 0.580. The van der Waals surface area contributed by atoms with Crippen LogP contribution in [-0.2, 0) is 16.4 Å². The summed E-state index contributed by atoms with van der Waals surface area (Å²) in [6.45, 7) is 6.03. The first kappa shape index (κ1) is 20.1. The minimum Gasteiger partial charge on any atom is -0.302 e. The van der Waals surface area contributed by atoms with Crippen LogP contribution in [0, 0.1) is 0 Å². The van der Waals surface area contributed by atoms with Gasteiger partial charge in [0.25, 0.3) is 0 Å². The van der Waals surface area contributed by atoms with Gasteiger partial charge in [-0.1, -0.05) is 29.4 Å². The Kier molecular flexibility index (Phi) is 6.08. The number of hydrogen-bond acceptors (Lipinski definition) is 6. The lowest BCUT2D eigenvalue weighted by Crippen LogP contribution is -2.16. The van der Waals surface area contributed by atoms with E-state index in [9.17, 15) is 13.2 Å². The van der Waals surface area contributed by atoms with Crippen molar-refractivity contribution >= 4 is 39.0 Å². The molecule has 1 aliphatic heterocycles. The number of hydrogen-bond donors (Lipinski definition) is 0. The Labute approximate surface area is 167 Å². The third-order valence-corrected chi connectivity index (χ3v) is 7.54. The van der Waals surface area contributed by atoms with Crippen LogP contribution in [0.25, 0.3) is 0 Å². The monoisotopic (exact) mass is 425 g/mol. The first-order chi connectivity index (χ1) is 12.8. The second kappa shape index (κ2) is 8.16. The predicted molar refractivity (Wildman–Crippen MR) is 107 cm³/mol. The van der Waals surface area contributed by atoms with Crippen LogP contribution in [-0.4, -0.2) is 45.7 Å². The number of carbonyl (C=O) groups is 1. The molecule has 0 amide bonds. The van der Waals surface area contributed by atoms with Crippen molar-refractivity contribution in [2.45, 2.75) is 36.2 Å². The lowest BCUT2D eigenvalue weighted by atomic mass is 10.1. The van der Waals surface area contributed by atoms with Crippen molar-refractivity contribution < 1.29 is 13.2 Å². The molecule has 27 heavy (non-hydrogen) atoms. The highest BCUT2D eigenvalue weighted by Gasteiger charge is 2.33. The molecule has 144 valence electrons. The number of halogens is 1. The molecule has 1 aromatic carbocycles. The van der Waals surface area contributed by atoms with Gasteiger partial charge in [-0.05, 0) is 37.6 Å². The highest BCUT2D eigenvalue weighted by atomic mass is 35.5. The number of thioether (sulfide) groups is 1. The molecule has 1 aliphatic rings. The Morgan fingerprint density at radius 1 is 1.41 bits per heavy atom. The number of carbonyl (C=O) groups excluding carboxylic acids is 1. The van der Waals surface area contributed by atoms with Gasteiger partial charge in [0.15, 0.2) is 20.8 Å². The molecule has 6 nitrogen and oxygen atoms in total. The zero-order valence-corrected chi connectivity index (χ0v) is 17.2. The van der Waals surface area contributed by atoms with Gasteiger partial charge in [0.1, 0.15) is 5.82 Å². The van der Waals surface area contributed by atoms with Gasteiger partial charge in [-0.25, -0.2) is 8.42 Å². The van der Waals surface area contributed by atoms with E-state index in [0.29, 0.717) is 34.5 Å². The van der Waals surface area contributed by atoms with Gasteiger partial charge >= 0.3 is 0 Å². The topological polar surface area (TPSA) is 81.9 Å². The SMILES string of the molecule is C=CCn1c(SC(C)C(=O)c2ccc(Cl)cc2)nnc1C1CCS(=O)(=O)C1. The van der Waals surface area contributed by atoms with Gasteiger partial charge in [-0.2, -0.15) is 0 Å². The number of ketones is 1. The Hall–Kier alpha value is -1.64.